The van der Waals surface area contributed by atoms with E-state index in [4.69, 9.17) is 4.74 Å². The van der Waals surface area contributed by atoms with Gasteiger partial charge in [0.1, 0.15) is 5.75 Å². The quantitative estimate of drug-likeness (QED) is 0.373. The van der Waals surface area contributed by atoms with Crippen LogP contribution >= 0.6 is 24.0 Å². The van der Waals surface area contributed by atoms with Crippen molar-refractivity contribution in [1.29, 1.82) is 0 Å². The van der Waals surface area contributed by atoms with Crippen molar-refractivity contribution in [3.63, 3.8) is 0 Å². The van der Waals surface area contributed by atoms with Crippen molar-refractivity contribution < 1.29 is 4.74 Å². The first-order chi connectivity index (χ1) is 11.7. The number of methoxy groups -OCH3 is 1. The van der Waals surface area contributed by atoms with Gasteiger partial charge in [0, 0.05) is 32.2 Å². The van der Waals surface area contributed by atoms with Gasteiger partial charge in [0.2, 0.25) is 0 Å². The molecule has 1 heterocycles. The lowest BCUT2D eigenvalue weighted by Crippen LogP contribution is -2.40. The van der Waals surface area contributed by atoms with E-state index in [0.29, 0.717) is 12.5 Å². The highest BCUT2D eigenvalue weighted by atomic mass is 127. The Bertz CT molecular complexity index is 550. The van der Waals surface area contributed by atoms with Gasteiger partial charge in [-0.3, -0.25) is 4.99 Å². The minimum absolute atomic E-state index is 0. The number of likely N-dealkylation sites (tertiary alicyclic amines) is 1. The minimum atomic E-state index is 0. The highest BCUT2D eigenvalue weighted by Crippen LogP contribution is 2.19. The summed E-state index contributed by atoms with van der Waals surface area (Å²) in [6.07, 6.45) is 2.51. The van der Waals surface area contributed by atoms with Crippen LogP contribution in [-0.2, 0) is 6.54 Å². The van der Waals surface area contributed by atoms with E-state index in [0.717, 1.165) is 23.8 Å². The number of nitrogens with one attached hydrogen (secondary N) is 2. The van der Waals surface area contributed by atoms with Crippen LogP contribution in [0.1, 0.15) is 30.9 Å². The van der Waals surface area contributed by atoms with E-state index in [1.54, 1.807) is 7.11 Å². The van der Waals surface area contributed by atoms with Gasteiger partial charge in [-0.05, 0) is 50.4 Å². The Labute approximate surface area is 169 Å². The summed E-state index contributed by atoms with van der Waals surface area (Å²) >= 11 is 0. The first-order valence-electron chi connectivity index (χ1n) is 8.96. The second kappa shape index (κ2) is 11.6. The lowest BCUT2D eigenvalue weighted by atomic mass is 10.1. The molecule has 1 aliphatic heterocycles. The molecular weight excluding hydrogens is 427 g/mol. The molecule has 6 heteroatoms. The van der Waals surface area contributed by atoms with Gasteiger partial charge in [0.05, 0.1) is 7.11 Å². The Morgan fingerprint density at radius 1 is 1.36 bits per heavy atom. The number of nitrogens with zero attached hydrogens (tertiary/aromatic N) is 2. The van der Waals surface area contributed by atoms with E-state index in [-0.39, 0.29) is 24.0 Å². The number of rotatable bonds is 7. The Balaban J connectivity index is 0.00000312. The SMILES string of the molecule is CCCN1CCC(CNC(=NC)NCc2ccc(C)cc2OC)C1.I. The van der Waals surface area contributed by atoms with Crippen molar-refractivity contribution in [1.82, 2.24) is 15.5 Å². The zero-order valence-corrected chi connectivity index (χ0v) is 18.3. The number of hydrogen-bond donors (Lipinski definition) is 2. The van der Waals surface area contributed by atoms with Gasteiger partial charge in [0.25, 0.3) is 0 Å². The molecule has 0 spiro atoms. The van der Waals surface area contributed by atoms with Crippen LogP contribution in [0.5, 0.6) is 5.75 Å². The first-order valence-corrected chi connectivity index (χ1v) is 8.96. The van der Waals surface area contributed by atoms with Crippen molar-refractivity contribution in [3.8, 4) is 5.75 Å². The summed E-state index contributed by atoms with van der Waals surface area (Å²) < 4.78 is 5.46. The molecule has 2 rings (SSSR count). The maximum absolute atomic E-state index is 5.46. The predicted molar refractivity (Wildman–Crippen MR) is 116 cm³/mol. The maximum Gasteiger partial charge on any atom is 0.191 e. The van der Waals surface area contributed by atoms with E-state index in [1.807, 2.05) is 7.05 Å². The summed E-state index contributed by atoms with van der Waals surface area (Å²) in [5, 5.41) is 6.85. The molecule has 0 aliphatic carbocycles. The fourth-order valence-corrected chi connectivity index (χ4v) is 3.24. The van der Waals surface area contributed by atoms with Gasteiger partial charge in [-0.15, -0.1) is 24.0 Å². The summed E-state index contributed by atoms with van der Waals surface area (Å²) in [6, 6.07) is 6.28. The second-order valence-corrected chi connectivity index (χ2v) is 6.58. The second-order valence-electron chi connectivity index (χ2n) is 6.58. The van der Waals surface area contributed by atoms with Crippen LogP contribution in [0.25, 0.3) is 0 Å². The molecule has 1 saturated heterocycles. The van der Waals surface area contributed by atoms with Gasteiger partial charge in [-0.2, -0.15) is 0 Å². The zero-order valence-electron chi connectivity index (χ0n) is 16.0. The van der Waals surface area contributed by atoms with Crippen LogP contribution in [0.4, 0.5) is 0 Å². The number of hydrogen-bond acceptors (Lipinski definition) is 3. The van der Waals surface area contributed by atoms with Crippen molar-refractivity contribution in [2.45, 2.75) is 33.2 Å². The summed E-state index contributed by atoms with van der Waals surface area (Å²) in [4.78, 5) is 6.89. The van der Waals surface area contributed by atoms with Gasteiger partial charge in [-0.25, -0.2) is 0 Å². The molecule has 5 nitrogen and oxygen atoms in total. The molecule has 1 atom stereocenters. The molecule has 0 radical (unpaired) electrons. The van der Waals surface area contributed by atoms with Crippen LogP contribution in [0.3, 0.4) is 0 Å². The first kappa shape index (κ1) is 22.0. The van der Waals surface area contributed by atoms with Crippen molar-refractivity contribution >= 4 is 29.9 Å². The molecular formula is C19H33IN4O. The van der Waals surface area contributed by atoms with Crippen molar-refractivity contribution in [3.05, 3.63) is 29.3 Å². The molecule has 1 aromatic carbocycles. The molecule has 1 aromatic rings. The van der Waals surface area contributed by atoms with Gasteiger partial charge in [-0.1, -0.05) is 19.1 Å². The number of benzene rings is 1. The highest BCUT2D eigenvalue weighted by Gasteiger charge is 2.21. The fourth-order valence-electron chi connectivity index (χ4n) is 3.24. The van der Waals surface area contributed by atoms with Gasteiger partial charge >= 0.3 is 0 Å². The smallest absolute Gasteiger partial charge is 0.191 e. The van der Waals surface area contributed by atoms with E-state index >= 15 is 0 Å². The van der Waals surface area contributed by atoms with Crippen LogP contribution in [-0.4, -0.2) is 51.2 Å². The maximum atomic E-state index is 5.46. The highest BCUT2D eigenvalue weighted by molar-refractivity contribution is 14.0. The summed E-state index contributed by atoms with van der Waals surface area (Å²) in [6.45, 7) is 9.65. The normalized spacial score (nSPS) is 17.9. The van der Waals surface area contributed by atoms with E-state index in [2.05, 4.69) is 52.6 Å². The molecule has 1 fully saturated rings. The number of aliphatic imine (C=N–C) groups is 1. The summed E-state index contributed by atoms with van der Waals surface area (Å²) in [7, 11) is 3.53. The lowest BCUT2D eigenvalue weighted by Gasteiger charge is -2.17. The topological polar surface area (TPSA) is 48.9 Å². The third-order valence-electron chi connectivity index (χ3n) is 4.58. The predicted octanol–water partition coefficient (Wildman–Crippen LogP) is 3.02. The molecule has 2 N–H and O–H groups in total. The standard InChI is InChI=1S/C19H32N4O.HI/c1-5-9-23-10-8-16(14-23)12-21-19(20-3)22-13-17-7-6-15(2)11-18(17)24-4;/h6-7,11,16H,5,8-10,12-14H2,1-4H3,(H2,20,21,22);1H. The number of halogens is 1. The Hall–Kier alpha value is -1.02. The molecule has 142 valence electrons. The lowest BCUT2D eigenvalue weighted by molar-refractivity contribution is 0.324. The van der Waals surface area contributed by atoms with E-state index in [1.165, 1.54) is 38.0 Å². The van der Waals surface area contributed by atoms with Crippen LogP contribution < -0.4 is 15.4 Å². The summed E-state index contributed by atoms with van der Waals surface area (Å²) in [5.74, 6) is 2.49. The third-order valence-corrected chi connectivity index (χ3v) is 4.58. The number of aryl methyl sites for hydroxylation is 1. The molecule has 0 amide bonds. The van der Waals surface area contributed by atoms with Crippen LogP contribution in [0.2, 0.25) is 0 Å². The summed E-state index contributed by atoms with van der Waals surface area (Å²) in [5.41, 5.74) is 2.34. The average Bonchev–Trinajstić information content (AvgIpc) is 3.03. The van der Waals surface area contributed by atoms with E-state index in [9.17, 15) is 0 Å². The Morgan fingerprint density at radius 2 is 2.16 bits per heavy atom. The van der Waals surface area contributed by atoms with Crippen molar-refractivity contribution in [2.75, 3.05) is 40.3 Å². The zero-order chi connectivity index (χ0) is 17.4. The minimum Gasteiger partial charge on any atom is -0.496 e. The monoisotopic (exact) mass is 460 g/mol. The van der Waals surface area contributed by atoms with E-state index < -0.39 is 0 Å². The van der Waals surface area contributed by atoms with Crippen LogP contribution in [0.15, 0.2) is 23.2 Å². The largest absolute Gasteiger partial charge is 0.496 e. The Morgan fingerprint density at radius 3 is 2.84 bits per heavy atom. The average molecular weight is 460 g/mol. The number of ether oxygens (including phenoxy) is 1. The molecule has 0 saturated carbocycles. The van der Waals surface area contributed by atoms with Crippen molar-refractivity contribution in [2.24, 2.45) is 10.9 Å². The van der Waals surface area contributed by atoms with Gasteiger partial charge < -0.3 is 20.3 Å². The molecule has 0 aromatic heterocycles. The third kappa shape index (κ3) is 7.01. The molecule has 0 bridgehead atoms. The fraction of sp³-hybridized carbons (Fsp3) is 0.632. The number of guanidine groups is 1. The van der Waals surface area contributed by atoms with Crippen LogP contribution in [0, 0.1) is 12.8 Å². The molecule has 25 heavy (non-hydrogen) atoms. The van der Waals surface area contributed by atoms with Gasteiger partial charge in [0.15, 0.2) is 5.96 Å². The molecule has 1 unspecified atom stereocenters. The molecule has 1 aliphatic rings. The Kier molecular flexibility index (Phi) is 10.2.